The minimum atomic E-state index is 0.0847. The molecule has 0 radical (unpaired) electrons. The molecule has 0 saturated heterocycles. The maximum Gasteiger partial charge on any atom is 0.0702 e. The lowest BCUT2D eigenvalue weighted by Gasteiger charge is -2.30. The zero-order valence-electron chi connectivity index (χ0n) is 11.1. The van der Waals surface area contributed by atoms with Crippen molar-refractivity contribution in [3.8, 4) is 0 Å². The first-order valence-electron chi connectivity index (χ1n) is 6.07. The van der Waals surface area contributed by atoms with E-state index in [4.69, 9.17) is 0 Å². The molecule has 1 atom stereocenters. The Labute approximate surface area is 113 Å². The van der Waals surface area contributed by atoms with Gasteiger partial charge in [0.2, 0.25) is 0 Å². The summed E-state index contributed by atoms with van der Waals surface area (Å²) in [5, 5.41) is 9.38. The molecule has 0 bridgehead atoms. The first-order chi connectivity index (χ1) is 7.95. The third-order valence-electron chi connectivity index (χ3n) is 3.07. The van der Waals surface area contributed by atoms with E-state index in [1.807, 2.05) is 12.1 Å². The van der Waals surface area contributed by atoms with Crippen molar-refractivity contribution in [3.05, 3.63) is 28.2 Å². The van der Waals surface area contributed by atoms with Crippen LogP contribution in [0.4, 0.5) is 5.69 Å². The van der Waals surface area contributed by atoms with Gasteiger partial charge in [-0.15, -0.1) is 0 Å². The second-order valence-corrected chi connectivity index (χ2v) is 5.94. The second-order valence-electron chi connectivity index (χ2n) is 5.02. The van der Waals surface area contributed by atoms with E-state index in [0.717, 1.165) is 22.1 Å². The van der Waals surface area contributed by atoms with Crippen molar-refractivity contribution in [3.63, 3.8) is 0 Å². The van der Waals surface area contributed by atoms with Crippen LogP contribution in [0.1, 0.15) is 32.8 Å². The van der Waals surface area contributed by atoms with Crippen LogP contribution < -0.4 is 4.90 Å². The van der Waals surface area contributed by atoms with Gasteiger partial charge in [-0.25, -0.2) is 0 Å². The third-order valence-corrected chi connectivity index (χ3v) is 3.56. The van der Waals surface area contributed by atoms with E-state index in [-0.39, 0.29) is 6.61 Å². The first kappa shape index (κ1) is 14.5. The molecule has 0 aromatic heterocycles. The Morgan fingerprint density at radius 2 is 1.94 bits per heavy atom. The number of rotatable bonds is 5. The van der Waals surface area contributed by atoms with Crippen LogP contribution in [0, 0.1) is 5.92 Å². The van der Waals surface area contributed by atoms with E-state index in [9.17, 15) is 5.11 Å². The van der Waals surface area contributed by atoms with Crippen molar-refractivity contribution in [1.29, 1.82) is 0 Å². The van der Waals surface area contributed by atoms with Crippen molar-refractivity contribution < 1.29 is 5.11 Å². The zero-order valence-corrected chi connectivity index (χ0v) is 12.7. The molecule has 3 heteroatoms. The first-order valence-corrected chi connectivity index (χ1v) is 6.87. The van der Waals surface area contributed by atoms with E-state index in [1.54, 1.807) is 0 Å². The van der Waals surface area contributed by atoms with Crippen LogP contribution in [-0.2, 0) is 6.61 Å². The Morgan fingerprint density at radius 1 is 1.29 bits per heavy atom. The van der Waals surface area contributed by atoms with E-state index >= 15 is 0 Å². The Morgan fingerprint density at radius 3 is 2.47 bits per heavy atom. The van der Waals surface area contributed by atoms with E-state index in [0.29, 0.717) is 12.0 Å². The molecule has 0 aliphatic heterocycles. The van der Waals surface area contributed by atoms with Gasteiger partial charge in [-0.1, -0.05) is 35.8 Å². The fourth-order valence-corrected chi connectivity index (χ4v) is 2.43. The molecular weight excluding hydrogens is 278 g/mol. The SMILES string of the molecule is CC(C)CC(C)N(C)c1cc(Br)ccc1CO. The van der Waals surface area contributed by atoms with Gasteiger partial charge in [0.1, 0.15) is 0 Å². The minimum Gasteiger partial charge on any atom is -0.392 e. The van der Waals surface area contributed by atoms with Gasteiger partial charge in [-0.05, 0) is 31.4 Å². The van der Waals surface area contributed by atoms with Gasteiger partial charge >= 0.3 is 0 Å². The molecule has 0 aliphatic rings. The van der Waals surface area contributed by atoms with Gasteiger partial charge in [0.15, 0.2) is 0 Å². The highest BCUT2D eigenvalue weighted by Gasteiger charge is 2.14. The van der Waals surface area contributed by atoms with E-state index in [1.165, 1.54) is 0 Å². The maximum absolute atomic E-state index is 9.38. The van der Waals surface area contributed by atoms with Crippen LogP contribution in [0.25, 0.3) is 0 Å². The summed E-state index contributed by atoms with van der Waals surface area (Å²) in [5.41, 5.74) is 2.08. The van der Waals surface area contributed by atoms with Crippen molar-refractivity contribution in [2.24, 2.45) is 5.92 Å². The summed E-state index contributed by atoms with van der Waals surface area (Å²) < 4.78 is 1.05. The number of aliphatic hydroxyl groups excluding tert-OH is 1. The van der Waals surface area contributed by atoms with Gasteiger partial charge in [0, 0.05) is 28.8 Å². The summed E-state index contributed by atoms with van der Waals surface area (Å²) in [6, 6.07) is 6.48. The summed E-state index contributed by atoms with van der Waals surface area (Å²) in [6.45, 7) is 6.78. The fourth-order valence-electron chi connectivity index (χ4n) is 2.08. The molecule has 1 unspecified atom stereocenters. The molecule has 0 saturated carbocycles. The van der Waals surface area contributed by atoms with E-state index < -0.39 is 0 Å². The predicted octanol–water partition coefficient (Wildman–Crippen LogP) is 3.81. The molecule has 0 aliphatic carbocycles. The molecule has 1 rings (SSSR count). The Hall–Kier alpha value is -0.540. The molecule has 0 fully saturated rings. The maximum atomic E-state index is 9.38. The standard InChI is InChI=1S/C14H22BrNO/c1-10(2)7-11(3)16(4)14-8-13(15)6-5-12(14)9-17/h5-6,8,10-11,17H,7,9H2,1-4H3. The average Bonchev–Trinajstić information content (AvgIpc) is 2.27. The van der Waals surface area contributed by atoms with Gasteiger partial charge in [0.05, 0.1) is 6.61 Å². The number of benzene rings is 1. The third kappa shape index (κ3) is 4.00. The zero-order chi connectivity index (χ0) is 13.0. The van der Waals surface area contributed by atoms with Gasteiger partial charge < -0.3 is 10.0 Å². The Kier molecular flexibility index (Phi) is 5.47. The van der Waals surface area contributed by atoms with Crippen molar-refractivity contribution in [2.45, 2.75) is 39.8 Å². The number of hydrogen-bond acceptors (Lipinski definition) is 2. The summed E-state index contributed by atoms with van der Waals surface area (Å²) in [6.07, 6.45) is 1.15. The van der Waals surface area contributed by atoms with Gasteiger partial charge in [-0.2, -0.15) is 0 Å². The largest absolute Gasteiger partial charge is 0.392 e. The van der Waals surface area contributed by atoms with Crippen LogP contribution >= 0.6 is 15.9 Å². The number of aliphatic hydroxyl groups is 1. The average molecular weight is 300 g/mol. The Balaban J connectivity index is 2.93. The lowest BCUT2D eigenvalue weighted by Crippen LogP contribution is -2.30. The molecular formula is C14H22BrNO. The van der Waals surface area contributed by atoms with E-state index in [2.05, 4.69) is 54.7 Å². The second kappa shape index (κ2) is 6.41. The number of halogens is 1. The smallest absolute Gasteiger partial charge is 0.0702 e. The summed E-state index contributed by atoms with van der Waals surface area (Å²) in [4.78, 5) is 2.25. The normalized spacial score (nSPS) is 12.9. The highest BCUT2D eigenvalue weighted by atomic mass is 79.9. The highest BCUT2D eigenvalue weighted by molar-refractivity contribution is 9.10. The molecule has 2 nitrogen and oxygen atoms in total. The Bertz CT molecular complexity index is 365. The number of anilines is 1. The monoisotopic (exact) mass is 299 g/mol. The van der Waals surface area contributed by atoms with Crippen molar-refractivity contribution >= 4 is 21.6 Å². The fraction of sp³-hybridized carbons (Fsp3) is 0.571. The highest BCUT2D eigenvalue weighted by Crippen LogP contribution is 2.27. The molecule has 0 amide bonds. The summed E-state index contributed by atoms with van der Waals surface area (Å²) in [7, 11) is 2.09. The van der Waals surface area contributed by atoms with Crippen LogP contribution in [-0.4, -0.2) is 18.2 Å². The number of nitrogens with zero attached hydrogens (tertiary/aromatic N) is 1. The van der Waals surface area contributed by atoms with Crippen molar-refractivity contribution in [1.82, 2.24) is 0 Å². The molecule has 17 heavy (non-hydrogen) atoms. The minimum absolute atomic E-state index is 0.0847. The van der Waals surface area contributed by atoms with Gasteiger partial charge in [-0.3, -0.25) is 0 Å². The van der Waals surface area contributed by atoms with Crippen LogP contribution in [0.3, 0.4) is 0 Å². The van der Waals surface area contributed by atoms with Crippen LogP contribution in [0.15, 0.2) is 22.7 Å². The molecule has 1 N–H and O–H groups in total. The number of hydrogen-bond donors (Lipinski definition) is 1. The lowest BCUT2D eigenvalue weighted by atomic mass is 10.0. The molecule has 96 valence electrons. The molecule has 0 heterocycles. The van der Waals surface area contributed by atoms with Gasteiger partial charge in [0.25, 0.3) is 0 Å². The van der Waals surface area contributed by atoms with Crippen LogP contribution in [0.2, 0.25) is 0 Å². The van der Waals surface area contributed by atoms with Crippen molar-refractivity contribution in [2.75, 3.05) is 11.9 Å². The summed E-state index contributed by atoms with van der Waals surface area (Å²) >= 11 is 3.49. The molecule has 0 spiro atoms. The molecule has 1 aromatic rings. The van der Waals surface area contributed by atoms with Crippen LogP contribution in [0.5, 0.6) is 0 Å². The predicted molar refractivity (Wildman–Crippen MR) is 77.4 cm³/mol. The lowest BCUT2D eigenvalue weighted by molar-refractivity contribution is 0.282. The summed E-state index contributed by atoms with van der Waals surface area (Å²) in [5.74, 6) is 0.678. The topological polar surface area (TPSA) is 23.5 Å². The quantitative estimate of drug-likeness (QED) is 0.894. The molecule has 1 aromatic carbocycles.